The lowest BCUT2D eigenvalue weighted by molar-refractivity contribution is 0.0959. The smallest absolute Gasteiger partial charge is 0.262 e. The maximum atomic E-state index is 13.1. The number of carbonyl (C=O) groups is 1. The molecule has 146 valence electrons. The van der Waals surface area contributed by atoms with Crippen molar-refractivity contribution >= 4 is 35.0 Å². The number of hydrogen-bond acceptors (Lipinski definition) is 3. The fraction of sp³-hybridized carbons (Fsp3) is 0.0769. The molecule has 4 nitrogen and oxygen atoms in total. The van der Waals surface area contributed by atoms with E-state index in [1.54, 1.807) is 16.8 Å². The highest BCUT2D eigenvalue weighted by Crippen LogP contribution is 2.28. The first-order valence-electron chi connectivity index (χ1n) is 9.93. The number of para-hydroxylation sites is 1. The lowest BCUT2D eigenvalue weighted by atomic mass is 9.97. The first-order chi connectivity index (χ1) is 14.7. The Labute approximate surface area is 174 Å². The summed E-state index contributed by atoms with van der Waals surface area (Å²) < 4.78 is 1.68. The molecular weight excluding hydrogens is 372 g/mol. The minimum absolute atomic E-state index is 0.0816. The molecule has 2 heterocycles. The van der Waals surface area contributed by atoms with Crippen LogP contribution in [0.1, 0.15) is 32.7 Å². The van der Waals surface area contributed by atoms with Crippen LogP contribution in [0.2, 0.25) is 0 Å². The van der Waals surface area contributed by atoms with E-state index in [0.717, 1.165) is 33.3 Å². The molecule has 5 rings (SSSR count). The van der Waals surface area contributed by atoms with Crippen LogP contribution in [0.3, 0.4) is 0 Å². The summed E-state index contributed by atoms with van der Waals surface area (Å²) in [6, 6.07) is 19.2. The summed E-state index contributed by atoms with van der Waals surface area (Å²) in [6.07, 6.45) is 11.2. The minimum Gasteiger partial charge on any atom is -0.389 e. The molecule has 1 atom stereocenters. The van der Waals surface area contributed by atoms with Gasteiger partial charge >= 0.3 is 0 Å². The summed E-state index contributed by atoms with van der Waals surface area (Å²) in [4.78, 5) is 17.5. The van der Waals surface area contributed by atoms with Crippen LogP contribution >= 0.6 is 0 Å². The molecule has 0 aliphatic heterocycles. The molecule has 4 aromatic rings. The van der Waals surface area contributed by atoms with Crippen molar-refractivity contribution in [1.29, 1.82) is 0 Å². The highest BCUT2D eigenvalue weighted by Gasteiger charge is 2.22. The Balaban J connectivity index is 1.59. The molecule has 0 radical (unpaired) electrons. The zero-order valence-corrected chi connectivity index (χ0v) is 16.3. The molecule has 1 N–H and O–H groups in total. The maximum Gasteiger partial charge on any atom is 0.262 e. The molecule has 1 aliphatic carbocycles. The van der Waals surface area contributed by atoms with Crippen LogP contribution in [0.25, 0.3) is 29.1 Å². The van der Waals surface area contributed by atoms with Crippen LogP contribution < -0.4 is 0 Å². The number of carbonyl (C=O) groups excluding carboxylic acids is 1. The molecule has 4 heteroatoms. The number of nitrogens with zero attached hydrogens (tertiary/aromatic N) is 2. The van der Waals surface area contributed by atoms with Gasteiger partial charge in [-0.2, -0.15) is 0 Å². The zero-order valence-electron chi connectivity index (χ0n) is 16.3. The topological polar surface area (TPSA) is 55.1 Å². The van der Waals surface area contributed by atoms with Gasteiger partial charge in [0, 0.05) is 29.8 Å². The van der Waals surface area contributed by atoms with Gasteiger partial charge in [-0.3, -0.25) is 14.3 Å². The number of hydrogen-bond donors (Lipinski definition) is 1. The third-order valence-electron chi connectivity index (χ3n) is 5.44. The van der Waals surface area contributed by atoms with Crippen molar-refractivity contribution in [2.24, 2.45) is 0 Å². The normalized spacial score (nSPS) is 15.6. The standard InChI is InChI=1S/C26H20N2O2/c29-21-12-13-25-23(16-21)20(17-28(25)26(30)19-6-2-1-3-7-19)11-10-18-14-15-27-24-9-5-4-8-22(18)24/h1-15,17,21,29H,16H2/b11-10+. The van der Waals surface area contributed by atoms with Gasteiger partial charge in [0.2, 0.25) is 0 Å². The van der Waals surface area contributed by atoms with E-state index in [0.29, 0.717) is 12.0 Å². The molecule has 0 saturated heterocycles. The lowest BCUT2D eigenvalue weighted by Gasteiger charge is -2.14. The fourth-order valence-electron chi connectivity index (χ4n) is 3.94. The monoisotopic (exact) mass is 392 g/mol. The number of pyridine rings is 1. The number of fused-ring (bicyclic) bond motifs is 2. The zero-order chi connectivity index (χ0) is 20.5. The van der Waals surface area contributed by atoms with Crippen LogP contribution in [0.4, 0.5) is 0 Å². The number of aromatic nitrogens is 2. The Bertz CT molecular complexity index is 1290. The quantitative estimate of drug-likeness (QED) is 0.544. The van der Waals surface area contributed by atoms with Crippen LogP contribution in [-0.2, 0) is 6.42 Å². The van der Waals surface area contributed by atoms with Gasteiger partial charge in [-0.15, -0.1) is 0 Å². The predicted octanol–water partition coefficient (Wildman–Crippen LogP) is 4.83. The van der Waals surface area contributed by atoms with E-state index in [2.05, 4.69) is 4.98 Å². The van der Waals surface area contributed by atoms with Crippen molar-refractivity contribution in [3.8, 4) is 0 Å². The molecule has 0 spiro atoms. The van der Waals surface area contributed by atoms with E-state index in [9.17, 15) is 9.90 Å². The molecular formula is C26H20N2O2. The number of aliphatic hydroxyl groups is 1. The van der Waals surface area contributed by atoms with E-state index in [1.807, 2.05) is 85.1 Å². The minimum atomic E-state index is -0.547. The summed E-state index contributed by atoms with van der Waals surface area (Å²) >= 11 is 0. The molecule has 1 unspecified atom stereocenters. The highest BCUT2D eigenvalue weighted by molar-refractivity contribution is 5.98. The Morgan fingerprint density at radius 2 is 1.77 bits per heavy atom. The van der Waals surface area contributed by atoms with Gasteiger partial charge in [0.05, 0.1) is 17.3 Å². The number of rotatable bonds is 3. The van der Waals surface area contributed by atoms with E-state index in [-0.39, 0.29) is 5.91 Å². The number of aliphatic hydroxyl groups excluding tert-OH is 1. The van der Waals surface area contributed by atoms with Crippen molar-refractivity contribution in [2.75, 3.05) is 0 Å². The van der Waals surface area contributed by atoms with Crippen LogP contribution in [0, 0.1) is 0 Å². The first kappa shape index (κ1) is 18.3. The molecule has 0 fully saturated rings. The molecule has 2 aromatic carbocycles. The first-order valence-corrected chi connectivity index (χ1v) is 9.93. The summed E-state index contributed by atoms with van der Waals surface area (Å²) in [5, 5.41) is 11.2. The average Bonchev–Trinajstić information content (AvgIpc) is 3.15. The Kier molecular flexibility index (Phi) is 4.62. The third-order valence-corrected chi connectivity index (χ3v) is 5.44. The van der Waals surface area contributed by atoms with Crippen molar-refractivity contribution in [1.82, 2.24) is 9.55 Å². The average molecular weight is 392 g/mol. The van der Waals surface area contributed by atoms with Crippen molar-refractivity contribution < 1.29 is 9.90 Å². The maximum absolute atomic E-state index is 13.1. The van der Waals surface area contributed by atoms with E-state index in [4.69, 9.17) is 0 Å². The van der Waals surface area contributed by atoms with E-state index < -0.39 is 6.10 Å². The van der Waals surface area contributed by atoms with Gasteiger partial charge < -0.3 is 5.11 Å². The Hall–Kier alpha value is -3.76. The van der Waals surface area contributed by atoms with Crippen molar-refractivity contribution in [2.45, 2.75) is 12.5 Å². The van der Waals surface area contributed by atoms with Crippen molar-refractivity contribution in [3.63, 3.8) is 0 Å². The molecule has 30 heavy (non-hydrogen) atoms. The van der Waals surface area contributed by atoms with Crippen LogP contribution in [0.15, 0.2) is 79.1 Å². The lowest BCUT2D eigenvalue weighted by Crippen LogP contribution is -2.16. The van der Waals surface area contributed by atoms with Crippen LogP contribution in [-0.4, -0.2) is 26.7 Å². The van der Waals surface area contributed by atoms with E-state index >= 15 is 0 Å². The second kappa shape index (κ2) is 7.58. The van der Waals surface area contributed by atoms with Crippen LogP contribution in [0.5, 0.6) is 0 Å². The molecule has 0 bridgehead atoms. The molecule has 2 aromatic heterocycles. The molecule has 0 amide bonds. The highest BCUT2D eigenvalue weighted by atomic mass is 16.3. The SMILES string of the molecule is O=C(c1ccccc1)n1cc(/C=C/c2ccnc3ccccc23)c2c1C=CC(O)C2. The second-order valence-corrected chi connectivity index (χ2v) is 7.37. The fourth-order valence-corrected chi connectivity index (χ4v) is 3.94. The van der Waals surface area contributed by atoms with Gasteiger partial charge in [0.15, 0.2) is 0 Å². The van der Waals surface area contributed by atoms with Gasteiger partial charge in [-0.1, -0.05) is 54.6 Å². The summed E-state index contributed by atoms with van der Waals surface area (Å²) in [5.74, 6) is -0.0816. The summed E-state index contributed by atoms with van der Waals surface area (Å²) in [7, 11) is 0. The van der Waals surface area contributed by atoms with E-state index in [1.165, 1.54) is 0 Å². The largest absolute Gasteiger partial charge is 0.389 e. The number of benzene rings is 2. The summed E-state index contributed by atoms with van der Waals surface area (Å²) in [5.41, 5.74) is 5.36. The Morgan fingerprint density at radius 1 is 1.00 bits per heavy atom. The van der Waals surface area contributed by atoms with Crippen molar-refractivity contribution in [3.05, 3.63) is 107 Å². The van der Waals surface area contributed by atoms with Gasteiger partial charge in [0.25, 0.3) is 5.91 Å². The van der Waals surface area contributed by atoms with Gasteiger partial charge in [-0.05, 0) is 47.0 Å². The molecule has 0 saturated carbocycles. The van der Waals surface area contributed by atoms with Gasteiger partial charge in [-0.25, -0.2) is 0 Å². The second-order valence-electron chi connectivity index (χ2n) is 7.37. The predicted molar refractivity (Wildman–Crippen MR) is 120 cm³/mol. The summed E-state index contributed by atoms with van der Waals surface area (Å²) in [6.45, 7) is 0. The third kappa shape index (κ3) is 3.27. The molecule has 1 aliphatic rings. The Morgan fingerprint density at radius 3 is 2.63 bits per heavy atom. The van der Waals surface area contributed by atoms with Gasteiger partial charge in [0.1, 0.15) is 0 Å².